The van der Waals surface area contributed by atoms with Crippen LogP contribution in [0.2, 0.25) is 0 Å². The molecule has 0 aliphatic carbocycles. The van der Waals surface area contributed by atoms with E-state index in [-0.39, 0.29) is 6.10 Å². The summed E-state index contributed by atoms with van der Waals surface area (Å²) >= 11 is 0. The fraction of sp³-hybridized carbons (Fsp3) is 0.200. The number of hydrogen-bond acceptors (Lipinski definition) is 1. The maximum Gasteiger partial charge on any atom is 0.128 e. The van der Waals surface area contributed by atoms with Crippen LogP contribution >= 0.6 is 0 Å². The summed E-state index contributed by atoms with van der Waals surface area (Å²) in [6, 6.07) is 16.8. The molecule has 1 aliphatic heterocycles. The van der Waals surface area contributed by atoms with Gasteiger partial charge in [-0.2, -0.15) is 0 Å². The molecule has 0 fully saturated rings. The summed E-state index contributed by atoms with van der Waals surface area (Å²) in [6.45, 7) is 2.12. The first-order chi connectivity index (χ1) is 7.83. The van der Waals surface area contributed by atoms with Crippen molar-refractivity contribution >= 4 is 0 Å². The molecule has 16 heavy (non-hydrogen) atoms. The van der Waals surface area contributed by atoms with Gasteiger partial charge < -0.3 is 4.74 Å². The molecule has 3 rings (SSSR count). The predicted molar refractivity (Wildman–Crippen MR) is 64.7 cm³/mol. The van der Waals surface area contributed by atoms with Crippen molar-refractivity contribution in [3.63, 3.8) is 0 Å². The number of aryl methyl sites for hydroxylation is 1. The van der Waals surface area contributed by atoms with Crippen molar-refractivity contribution in [1.29, 1.82) is 0 Å². The number of ether oxygens (including phenoxy) is 1. The Bertz CT molecular complexity index is 491. The predicted octanol–water partition coefficient (Wildman–Crippen LogP) is 3.67. The molecule has 1 nitrogen and oxygen atoms in total. The van der Waals surface area contributed by atoms with E-state index in [4.69, 9.17) is 4.74 Å². The molecule has 1 atom stereocenters. The van der Waals surface area contributed by atoms with E-state index < -0.39 is 0 Å². The molecule has 0 saturated heterocycles. The van der Waals surface area contributed by atoms with E-state index in [2.05, 4.69) is 43.3 Å². The third-order valence-electron chi connectivity index (χ3n) is 3.06. The fourth-order valence-corrected chi connectivity index (χ4v) is 2.24. The van der Waals surface area contributed by atoms with Crippen molar-refractivity contribution in [2.45, 2.75) is 19.4 Å². The minimum Gasteiger partial charge on any atom is -0.485 e. The zero-order chi connectivity index (χ0) is 11.0. The maximum atomic E-state index is 5.95. The van der Waals surface area contributed by atoms with Crippen LogP contribution in [0.25, 0.3) is 0 Å². The lowest BCUT2D eigenvalue weighted by Crippen LogP contribution is -2.02. The normalized spacial score (nSPS) is 17.9. The Hall–Kier alpha value is -1.76. The highest BCUT2D eigenvalue weighted by Gasteiger charge is 2.23. The molecule has 1 heteroatoms. The third kappa shape index (κ3) is 1.58. The summed E-state index contributed by atoms with van der Waals surface area (Å²) in [6.07, 6.45) is 1.18. The van der Waals surface area contributed by atoms with E-state index in [0.29, 0.717) is 0 Å². The van der Waals surface area contributed by atoms with Crippen LogP contribution in [0.5, 0.6) is 5.75 Å². The van der Waals surface area contributed by atoms with Gasteiger partial charge in [0.15, 0.2) is 0 Å². The van der Waals surface area contributed by atoms with Crippen LogP contribution < -0.4 is 4.74 Å². The Morgan fingerprint density at radius 3 is 2.75 bits per heavy atom. The van der Waals surface area contributed by atoms with Gasteiger partial charge in [-0.05, 0) is 24.1 Å². The van der Waals surface area contributed by atoms with Crippen LogP contribution in [-0.2, 0) is 6.42 Å². The number of hydrogen-bond donors (Lipinski definition) is 0. The van der Waals surface area contributed by atoms with E-state index in [1.165, 1.54) is 16.7 Å². The lowest BCUT2D eigenvalue weighted by Gasteiger charge is -2.11. The van der Waals surface area contributed by atoms with E-state index in [9.17, 15) is 0 Å². The number of fused-ring (bicyclic) bond motifs is 1. The second-order valence-corrected chi connectivity index (χ2v) is 4.33. The van der Waals surface area contributed by atoms with Gasteiger partial charge in [-0.1, -0.05) is 48.0 Å². The summed E-state index contributed by atoms with van der Waals surface area (Å²) in [5, 5.41) is 0. The molecule has 80 valence electrons. The third-order valence-corrected chi connectivity index (χ3v) is 3.06. The van der Waals surface area contributed by atoms with Crippen LogP contribution in [0.1, 0.15) is 22.8 Å². The topological polar surface area (TPSA) is 9.23 Å². The van der Waals surface area contributed by atoms with E-state index in [1.807, 2.05) is 12.1 Å². The Balaban J connectivity index is 1.91. The SMILES string of the molecule is Cc1cccc(C2Cc3ccccc3O2)c1. The van der Waals surface area contributed by atoms with Crippen molar-refractivity contribution in [2.24, 2.45) is 0 Å². The van der Waals surface area contributed by atoms with Crippen LogP contribution in [0, 0.1) is 6.92 Å². The fourth-order valence-electron chi connectivity index (χ4n) is 2.24. The van der Waals surface area contributed by atoms with Gasteiger partial charge in [-0.15, -0.1) is 0 Å². The molecule has 0 aromatic heterocycles. The first-order valence-electron chi connectivity index (χ1n) is 5.64. The van der Waals surface area contributed by atoms with Crippen molar-refractivity contribution in [3.05, 3.63) is 65.2 Å². The Morgan fingerprint density at radius 1 is 1.06 bits per heavy atom. The second-order valence-electron chi connectivity index (χ2n) is 4.33. The number of rotatable bonds is 1. The molecule has 0 spiro atoms. The van der Waals surface area contributed by atoms with Gasteiger partial charge in [-0.25, -0.2) is 0 Å². The van der Waals surface area contributed by atoms with Gasteiger partial charge in [-0.3, -0.25) is 0 Å². The molecule has 1 aliphatic rings. The Morgan fingerprint density at radius 2 is 1.94 bits per heavy atom. The van der Waals surface area contributed by atoms with Gasteiger partial charge in [0.2, 0.25) is 0 Å². The van der Waals surface area contributed by atoms with Crippen molar-refractivity contribution in [1.82, 2.24) is 0 Å². The van der Waals surface area contributed by atoms with Gasteiger partial charge in [0.1, 0.15) is 11.9 Å². The van der Waals surface area contributed by atoms with Crippen molar-refractivity contribution in [2.75, 3.05) is 0 Å². The molecule has 0 N–H and O–H groups in total. The van der Waals surface area contributed by atoms with Crippen LogP contribution in [0.3, 0.4) is 0 Å². The van der Waals surface area contributed by atoms with Gasteiger partial charge in [0.25, 0.3) is 0 Å². The monoisotopic (exact) mass is 210 g/mol. The smallest absolute Gasteiger partial charge is 0.128 e. The molecule has 0 bridgehead atoms. The van der Waals surface area contributed by atoms with Crippen molar-refractivity contribution in [3.8, 4) is 5.75 Å². The molecule has 0 amide bonds. The average molecular weight is 210 g/mol. The van der Waals surface area contributed by atoms with Gasteiger partial charge in [0, 0.05) is 6.42 Å². The summed E-state index contributed by atoms with van der Waals surface area (Å²) < 4.78 is 5.95. The summed E-state index contributed by atoms with van der Waals surface area (Å²) in [5.41, 5.74) is 3.88. The van der Waals surface area contributed by atoms with E-state index >= 15 is 0 Å². The van der Waals surface area contributed by atoms with Gasteiger partial charge in [0.05, 0.1) is 0 Å². The largest absolute Gasteiger partial charge is 0.485 e. The molecule has 1 heterocycles. The van der Waals surface area contributed by atoms with E-state index in [1.54, 1.807) is 0 Å². The maximum absolute atomic E-state index is 5.95. The molecular formula is C15H14O. The quantitative estimate of drug-likeness (QED) is 0.697. The molecule has 2 aromatic carbocycles. The highest BCUT2D eigenvalue weighted by Crippen LogP contribution is 2.36. The molecular weight excluding hydrogens is 196 g/mol. The highest BCUT2D eigenvalue weighted by atomic mass is 16.5. The Kier molecular flexibility index (Phi) is 2.17. The minimum absolute atomic E-state index is 0.192. The molecule has 0 saturated carbocycles. The summed E-state index contributed by atoms with van der Waals surface area (Å²) in [4.78, 5) is 0. The summed E-state index contributed by atoms with van der Waals surface area (Å²) in [7, 11) is 0. The number of benzene rings is 2. The van der Waals surface area contributed by atoms with Crippen LogP contribution in [0.15, 0.2) is 48.5 Å². The lowest BCUT2D eigenvalue weighted by molar-refractivity contribution is 0.238. The first kappa shape index (κ1) is 9.46. The van der Waals surface area contributed by atoms with Crippen LogP contribution in [-0.4, -0.2) is 0 Å². The minimum atomic E-state index is 0.192. The molecule has 1 unspecified atom stereocenters. The highest BCUT2D eigenvalue weighted by molar-refractivity contribution is 5.40. The molecule has 2 aromatic rings. The zero-order valence-corrected chi connectivity index (χ0v) is 9.31. The lowest BCUT2D eigenvalue weighted by atomic mass is 10.0. The standard InChI is InChI=1S/C15H14O/c1-11-5-4-7-12(9-11)15-10-13-6-2-3-8-14(13)16-15/h2-9,15H,10H2,1H3. The van der Waals surface area contributed by atoms with Crippen molar-refractivity contribution < 1.29 is 4.74 Å². The second kappa shape index (κ2) is 3.67. The zero-order valence-electron chi connectivity index (χ0n) is 9.31. The average Bonchev–Trinajstić information content (AvgIpc) is 2.72. The first-order valence-corrected chi connectivity index (χ1v) is 5.64. The van der Waals surface area contributed by atoms with Gasteiger partial charge >= 0.3 is 0 Å². The number of para-hydroxylation sites is 1. The van der Waals surface area contributed by atoms with Crippen LogP contribution in [0.4, 0.5) is 0 Å². The summed E-state index contributed by atoms with van der Waals surface area (Å²) in [5.74, 6) is 1.04. The molecule has 0 radical (unpaired) electrons. The van der Waals surface area contributed by atoms with E-state index in [0.717, 1.165) is 12.2 Å². The Labute approximate surface area is 95.7 Å².